The van der Waals surface area contributed by atoms with Crippen LogP contribution in [0.3, 0.4) is 0 Å². The molecule has 1 amide bonds. The fraction of sp³-hybridized carbons (Fsp3) is 0.370. The topological polar surface area (TPSA) is 20.3 Å². The van der Waals surface area contributed by atoms with Gasteiger partial charge in [0.25, 0.3) is 5.91 Å². The first-order chi connectivity index (χ1) is 14.6. The second kappa shape index (κ2) is 8.36. The molecule has 3 aromatic rings. The zero-order chi connectivity index (χ0) is 22.4. The average Bonchev–Trinajstić information content (AvgIpc) is 3.16. The average molecular weight is 544 g/mol. The molecular formula is C27H30INOS. The van der Waals surface area contributed by atoms with Crippen LogP contribution in [0, 0.1) is 10.5 Å². The first kappa shape index (κ1) is 22.5. The molecule has 0 N–H and O–H groups in total. The molecule has 1 aliphatic carbocycles. The Bertz CT molecular complexity index is 1110. The third-order valence-corrected chi connectivity index (χ3v) is 8.42. The molecule has 2 nitrogen and oxygen atoms in total. The van der Waals surface area contributed by atoms with Crippen LogP contribution in [0.4, 0.5) is 5.69 Å². The number of aryl methyl sites for hydroxylation is 1. The number of anilines is 1. The van der Waals surface area contributed by atoms with Crippen LogP contribution in [-0.2, 0) is 17.4 Å². The molecule has 2 aromatic carbocycles. The second-order valence-corrected chi connectivity index (χ2v) is 12.1. The monoisotopic (exact) mass is 543 g/mol. The minimum absolute atomic E-state index is 0.0750. The Balaban J connectivity index is 1.75. The summed E-state index contributed by atoms with van der Waals surface area (Å²) in [6, 6.07) is 17.1. The fourth-order valence-corrected chi connectivity index (χ4v) is 5.77. The Labute approximate surface area is 203 Å². The molecule has 31 heavy (non-hydrogen) atoms. The van der Waals surface area contributed by atoms with Gasteiger partial charge in [-0.1, -0.05) is 45.9 Å². The molecule has 0 bridgehead atoms. The highest BCUT2D eigenvalue weighted by Crippen LogP contribution is 2.46. The molecule has 0 aliphatic heterocycles. The molecule has 0 saturated carbocycles. The zero-order valence-corrected chi connectivity index (χ0v) is 21.9. The second-order valence-electron chi connectivity index (χ2n) is 9.95. The van der Waals surface area contributed by atoms with Gasteiger partial charge >= 0.3 is 0 Å². The minimum Gasteiger partial charge on any atom is -0.303 e. The van der Waals surface area contributed by atoms with Crippen molar-refractivity contribution in [2.45, 2.75) is 64.8 Å². The summed E-state index contributed by atoms with van der Waals surface area (Å²) < 4.78 is 1.17. The van der Waals surface area contributed by atoms with Gasteiger partial charge < -0.3 is 4.90 Å². The highest BCUT2D eigenvalue weighted by atomic mass is 127. The van der Waals surface area contributed by atoms with Gasteiger partial charge in [0.05, 0.1) is 11.4 Å². The van der Waals surface area contributed by atoms with Crippen LogP contribution < -0.4 is 4.90 Å². The summed E-state index contributed by atoms with van der Waals surface area (Å²) >= 11 is 3.83. The number of hydrogen-bond donors (Lipinski definition) is 0. The Kier molecular flexibility index (Phi) is 6.08. The smallest absolute Gasteiger partial charge is 0.268 e. The van der Waals surface area contributed by atoms with Crippen molar-refractivity contribution in [2.75, 3.05) is 4.90 Å². The molecule has 0 spiro atoms. The summed E-state index contributed by atoms with van der Waals surface area (Å²) in [5.74, 6) is 0.0750. The number of rotatable bonds is 4. The van der Waals surface area contributed by atoms with Gasteiger partial charge in [0.1, 0.15) is 0 Å². The molecule has 0 saturated heterocycles. The number of nitrogens with zero attached hydrogens (tertiary/aromatic N) is 1. The maximum atomic E-state index is 13.6. The first-order valence-corrected chi connectivity index (χ1v) is 12.8. The van der Waals surface area contributed by atoms with E-state index in [0.29, 0.717) is 6.54 Å². The van der Waals surface area contributed by atoms with Crippen molar-refractivity contribution < 1.29 is 4.79 Å². The van der Waals surface area contributed by atoms with Gasteiger partial charge in [-0.3, -0.25) is 4.79 Å². The van der Waals surface area contributed by atoms with Gasteiger partial charge in [-0.2, -0.15) is 0 Å². The molecule has 0 unspecified atom stereocenters. The predicted molar refractivity (Wildman–Crippen MR) is 140 cm³/mol. The number of hydrogen-bond acceptors (Lipinski definition) is 2. The first-order valence-electron chi connectivity index (χ1n) is 10.8. The van der Waals surface area contributed by atoms with Crippen LogP contribution in [0.1, 0.15) is 72.5 Å². The van der Waals surface area contributed by atoms with Gasteiger partial charge in [0, 0.05) is 9.26 Å². The lowest BCUT2D eigenvalue weighted by atomic mass is 9.63. The van der Waals surface area contributed by atoms with Gasteiger partial charge in [-0.15, -0.1) is 11.3 Å². The van der Waals surface area contributed by atoms with Crippen LogP contribution in [-0.4, -0.2) is 5.91 Å². The quantitative estimate of drug-likeness (QED) is 0.307. The van der Waals surface area contributed by atoms with Crippen LogP contribution in [0.2, 0.25) is 0 Å². The van der Waals surface area contributed by atoms with Gasteiger partial charge in [0.2, 0.25) is 0 Å². The number of carbonyl (C=O) groups is 1. The Morgan fingerprint density at radius 1 is 0.968 bits per heavy atom. The van der Waals surface area contributed by atoms with Crippen molar-refractivity contribution in [2.24, 2.45) is 0 Å². The Hall–Kier alpha value is -1.66. The van der Waals surface area contributed by atoms with E-state index in [9.17, 15) is 4.79 Å². The van der Waals surface area contributed by atoms with Crippen molar-refractivity contribution in [3.63, 3.8) is 0 Å². The maximum Gasteiger partial charge on any atom is 0.268 e. The van der Waals surface area contributed by atoms with Crippen molar-refractivity contribution in [1.82, 2.24) is 0 Å². The van der Waals surface area contributed by atoms with E-state index >= 15 is 0 Å². The highest BCUT2D eigenvalue weighted by molar-refractivity contribution is 14.1. The number of halogens is 1. The van der Waals surface area contributed by atoms with Crippen molar-refractivity contribution in [1.29, 1.82) is 0 Å². The van der Waals surface area contributed by atoms with Gasteiger partial charge in [-0.25, -0.2) is 0 Å². The molecule has 1 heterocycles. The van der Waals surface area contributed by atoms with E-state index in [0.717, 1.165) is 16.1 Å². The summed E-state index contributed by atoms with van der Waals surface area (Å²) in [5.41, 5.74) is 6.41. The standard InChI is InChI=1S/C27H30INOS/c1-18-12-15-31-24(18)25(30)29(21-9-7-20(28)8-10-21)17-19-6-11-22-23(16-19)27(4,5)14-13-26(22,2)3/h6-12,15-16H,13-14,17H2,1-5H3. The molecule has 4 heteroatoms. The molecule has 1 aromatic heterocycles. The van der Waals surface area contributed by atoms with Crippen LogP contribution >= 0.6 is 33.9 Å². The van der Waals surface area contributed by atoms with Crippen molar-refractivity contribution in [3.8, 4) is 0 Å². The Morgan fingerprint density at radius 3 is 2.23 bits per heavy atom. The molecule has 4 rings (SSSR count). The van der Waals surface area contributed by atoms with E-state index < -0.39 is 0 Å². The Morgan fingerprint density at radius 2 is 1.61 bits per heavy atom. The lowest BCUT2D eigenvalue weighted by Crippen LogP contribution is -2.34. The van der Waals surface area contributed by atoms with Crippen LogP contribution in [0.15, 0.2) is 53.9 Å². The molecule has 162 valence electrons. The number of thiophene rings is 1. The highest BCUT2D eigenvalue weighted by Gasteiger charge is 2.37. The number of amides is 1. The number of fused-ring (bicyclic) bond motifs is 1. The molecule has 0 atom stereocenters. The SMILES string of the molecule is Cc1ccsc1C(=O)N(Cc1ccc2c(c1)C(C)(C)CCC2(C)C)c1ccc(I)cc1. The lowest BCUT2D eigenvalue weighted by Gasteiger charge is -2.42. The molecule has 1 aliphatic rings. The van der Waals surface area contributed by atoms with Crippen molar-refractivity contribution >= 4 is 45.5 Å². The van der Waals surface area contributed by atoms with Gasteiger partial charge in [-0.05, 0) is 111 Å². The largest absolute Gasteiger partial charge is 0.303 e. The lowest BCUT2D eigenvalue weighted by molar-refractivity contribution is 0.0988. The molecule has 0 fully saturated rings. The van der Waals surface area contributed by atoms with Crippen LogP contribution in [0.25, 0.3) is 0 Å². The van der Waals surface area contributed by atoms with E-state index in [1.54, 1.807) is 0 Å². The molecular weight excluding hydrogens is 513 g/mol. The number of benzene rings is 2. The van der Waals surface area contributed by atoms with E-state index in [4.69, 9.17) is 0 Å². The van der Waals surface area contributed by atoms with E-state index in [-0.39, 0.29) is 16.7 Å². The van der Waals surface area contributed by atoms with Gasteiger partial charge in [0.15, 0.2) is 0 Å². The van der Waals surface area contributed by atoms with E-state index in [1.807, 2.05) is 35.4 Å². The van der Waals surface area contributed by atoms with Crippen molar-refractivity contribution in [3.05, 3.63) is 84.6 Å². The van der Waals surface area contributed by atoms with Crippen LogP contribution in [0.5, 0.6) is 0 Å². The normalized spacial score (nSPS) is 16.6. The zero-order valence-electron chi connectivity index (χ0n) is 19.0. The summed E-state index contributed by atoms with van der Waals surface area (Å²) in [6.45, 7) is 12.0. The van der Waals surface area contributed by atoms with E-state index in [2.05, 4.69) is 80.6 Å². The third-order valence-electron chi connectivity index (χ3n) is 6.70. The number of carbonyl (C=O) groups excluding carboxylic acids is 1. The third kappa shape index (κ3) is 4.47. The summed E-state index contributed by atoms with van der Waals surface area (Å²) in [5, 5.41) is 2.00. The minimum atomic E-state index is 0.0750. The predicted octanol–water partition coefficient (Wildman–Crippen LogP) is 7.86. The molecule has 0 radical (unpaired) electrons. The summed E-state index contributed by atoms with van der Waals surface area (Å²) in [6.07, 6.45) is 2.39. The van der Waals surface area contributed by atoms with E-state index in [1.165, 1.54) is 44.4 Å². The summed E-state index contributed by atoms with van der Waals surface area (Å²) in [4.78, 5) is 16.3. The summed E-state index contributed by atoms with van der Waals surface area (Å²) in [7, 11) is 0. The maximum absolute atomic E-state index is 13.6. The fourth-order valence-electron chi connectivity index (χ4n) is 4.53.